The van der Waals surface area contributed by atoms with Crippen molar-refractivity contribution in [1.82, 2.24) is 0 Å². The molecule has 2 aromatic rings. The smallest absolute Gasteiger partial charge is 0.222 e. The zero-order valence-electron chi connectivity index (χ0n) is 21.1. The first-order valence-corrected chi connectivity index (χ1v) is 13.9. The summed E-state index contributed by atoms with van der Waals surface area (Å²) >= 11 is 0. The molecule has 2 saturated carbocycles. The largest absolute Gasteiger partial charge is 0.342 e. The van der Waals surface area contributed by atoms with Crippen molar-refractivity contribution in [2.75, 3.05) is 13.2 Å². The molecular formula is C31H40F2O2. The average molecular weight is 483 g/mol. The molecule has 0 spiro atoms. The van der Waals surface area contributed by atoms with Gasteiger partial charge in [0.05, 0.1) is 13.2 Å². The lowest BCUT2D eigenvalue weighted by atomic mass is 9.67. The molecule has 0 radical (unpaired) electrons. The van der Waals surface area contributed by atoms with E-state index >= 15 is 0 Å². The fourth-order valence-electron chi connectivity index (χ4n) is 7.09. The number of benzene rings is 2. The zero-order chi connectivity index (χ0) is 24.3. The van der Waals surface area contributed by atoms with E-state index in [1.54, 1.807) is 24.3 Å². The highest BCUT2D eigenvalue weighted by molar-refractivity contribution is 5.34. The third-order valence-corrected chi connectivity index (χ3v) is 9.19. The highest BCUT2D eigenvalue weighted by atomic mass is 19.1. The van der Waals surface area contributed by atoms with Crippen LogP contribution in [0.1, 0.15) is 82.3 Å². The SMILES string of the molecule is CCCC1CCC(C2CCC(C3COC(c4ccc(F)cc4)(c4ccc(F)cc4)OC3)CC2)CC1. The van der Waals surface area contributed by atoms with E-state index in [1.807, 2.05) is 0 Å². The summed E-state index contributed by atoms with van der Waals surface area (Å²) in [5.41, 5.74) is 1.48. The molecule has 2 aromatic carbocycles. The predicted octanol–water partition coefficient (Wildman–Crippen LogP) is 8.24. The molecule has 0 amide bonds. The maximum Gasteiger partial charge on any atom is 0.222 e. The second-order valence-corrected chi connectivity index (χ2v) is 11.3. The fourth-order valence-corrected chi connectivity index (χ4v) is 7.09. The molecule has 0 atom stereocenters. The van der Waals surface area contributed by atoms with Crippen LogP contribution in [0.5, 0.6) is 0 Å². The molecule has 1 aliphatic heterocycles. The highest BCUT2D eigenvalue weighted by Crippen LogP contribution is 2.46. The molecule has 0 unspecified atom stereocenters. The summed E-state index contributed by atoms with van der Waals surface area (Å²) in [6, 6.07) is 12.5. The molecule has 2 nitrogen and oxygen atoms in total. The fraction of sp³-hybridized carbons (Fsp3) is 0.613. The summed E-state index contributed by atoms with van der Waals surface area (Å²) in [6.45, 7) is 3.52. The Labute approximate surface area is 209 Å². The first kappa shape index (κ1) is 24.9. The molecule has 35 heavy (non-hydrogen) atoms. The molecule has 5 rings (SSSR count). The van der Waals surface area contributed by atoms with Gasteiger partial charge in [0.15, 0.2) is 0 Å². The Bertz CT molecular complexity index is 870. The molecule has 2 aliphatic carbocycles. The van der Waals surface area contributed by atoms with Gasteiger partial charge in [-0.1, -0.05) is 56.9 Å². The van der Waals surface area contributed by atoms with E-state index in [4.69, 9.17) is 9.47 Å². The molecule has 4 heteroatoms. The first-order valence-electron chi connectivity index (χ1n) is 13.9. The van der Waals surface area contributed by atoms with Gasteiger partial charge >= 0.3 is 0 Å². The summed E-state index contributed by atoms with van der Waals surface area (Å²) in [5, 5.41) is 0. The maximum atomic E-state index is 13.6. The highest BCUT2D eigenvalue weighted by Gasteiger charge is 2.44. The van der Waals surface area contributed by atoms with Crippen LogP contribution in [0.2, 0.25) is 0 Å². The topological polar surface area (TPSA) is 18.5 Å². The second kappa shape index (κ2) is 11.1. The number of rotatable bonds is 6. The minimum Gasteiger partial charge on any atom is -0.342 e. The molecule has 1 heterocycles. The van der Waals surface area contributed by atoms with E-state index in [0.717, 1.165) is 28.9 Å². The van der Waals surface area contributed by atoms with E-state index < -0.39 is 5.79 Å². The lowest BCUT2D eigenvalue weighted by Crippen LogP contribution is -2.45. The molecule has 0 aromatic heterocycles. The standard InChI is InChI=1S/C31H40F2O2/c1-2-3-22-4-6-23(7-5-22)24-8-10-25(11-9-24)26-20-34-31(35-21-26,27-12-16-29(32)17-13-27)28-14-18-30(33)19-15-28/h12-19,22-26H,2-11,20-21H2,1H3. The normalized spacial score (nSPS) is 29.7. The summed E-state index contributed by atoms with van der Waals surface area (Å²) in [6.07, 6.45) is 13.7. The van der Waals surface area contributed by atoms with Crippen molar-refractivity contribution in [3.63, 3.8) is 0 Å². The Morgan fingerprint density at radius 1 is 0.629 bits per heavy atom. The predicted molar refractivity (Wildman–Crippen MR) is 135 cm³/mol. The van der Waals surface area contributed by atoms with Crippen LogP contribution in [0, 0.1) is 41.2 Å². The van der Waals surface area contributed by atoms with Crippen molar-refractivity contribution in [3.8, 4) is 0 Å². The van der Waals surface area contributed by atoms with E-state index in [1.165, 1.54) is 88.5 Å². The Hall–Kier alpha value is -1.78. The molecule has 3 aliphatic rings. The van der Waals surface area contributed by atoms with Gasteiger partial charge in [-0.3, -0.25) is 0 Å². The quantitative estimate of drug-likeness (QED) is 0.413. The van der Waals surface area contributed by atoms with Crippen molar-refractivity contribution < 1.29 is 18.3 Å². The van der Waals surface area contributed by atoms with Crippen molar-refractivity contribution in [1.29, 1.82) is 0 Å². The minimum atomic E-state index is -1.12. The van der Waals surface area contributed by atoms with Crippen LogP contribution >= 0.6 is 0 Å². The lowest BCUT2D eigenvalue weighted by molar-refractivity contribution is -0.274. The van der Waals surface area contributed by atoms with E-state index in [-0.39, 0.29) is 11.6 Å². The van der Waals surface area contributed by atoms with Crippen LogP contribution in [-0.2, 0) is 15.3 Å². The molecular weight excluding hydrogens is 442 g/mol. The van der Waals surface area contributed by atoms with Crippen LogP contribution in [-0.4, -0.2) is 13.2 Å². The van der Waals surface area contributed by atoms with Gasteiger partial charge in [-0.05, 0) is 86.5 Å². The monoisotopic (exact) mass is 482 g/mol. The third kappa shape index (κ3) is 5.49. The van der Waals surface area contributed by atoms with Gasteiger partial charge in [-0.25, -0.2) is 8.78 Å². The van der Waals surface area contributed by atoms with E-state index in [2.05, 4.69) is 6.92 Å². The van der Waals surface area contributed by atoms with Gasteiger partial charge in [0.1, 0.15) is 11.6 Å². The van der Waals surface area contributed by atoms with Gasteiger partial charge in [0, 0.05) is 17.0 Å². The molecule has 0 bridgehead atoms. The Kier molecular flexibility index (Phi) is 7.89. The van der Waals surface area contributed by atoms with E-state index in [9.17, 15) is 8.78 Å². The van der Waals surface area contributed by atoms with Crippen LogP contribution < -0.4 is 0 Å². The summed E-state index contributed by atoms with van der Waals surface area (Å²) in [4.78, 5) is 0. The minimum absolute atomic E-state index is 0.299. The summed E-state index contributed by atoms with van der Waals surface area (Å²) < 4.78 is 40.2. The Morgan fingerprint density at radius 3 is 1.46 bits per heavy atom. The second-order valence-electron chi connectivity index (χ2n) is 11.3. The van der Waals surface area contributed by atoms with Gasteiger partial charge < -0.3 is 9.47 Å². The summed E-state index contributed by atoms with van der Waals surface area (Å²) in [7, 11) is 0. The molecule has 3 fully saturated rings. The van der Waals surface area contributed by atoms with Crippen molar-refractivity contribution >= 4 is 0 Å². The summed E-state index contributed by atoms with van der Waals surface area (Å²) in [5.74, 6) is 2.09. The van der Waals surface area contributed by atoms with E-state index in [0.29, 0.717) is 25.0 Å². The van der Waals surface area contributed by atoms with Gasteiger partial charge in [-0.15, -0.1) is 0 Å². The van der Waals surface area contributed by atoms with Crippen molar-refractivity contribution in [2.45, 2.75) is 76.9 Å². The third-order valence-electron chi connectivity index (χ3n) is 9.19. The lowest BCUT2D eigenvalue weighted by Gasteiger charge is -2.45. The van der Waals surface area contributed by atoms with Crippen LogP contribution in [0.3, 0.4) is 0 Å². The Balaban J connectivity index is 1.20. The molecule has 0 N–H and O–H groups in total. The molecule has 1 saturated heterocycles. The zero-order valence-corrected chi connectivity index (χ0v) is 21.1. The number of ether oxygens (including phenoxy) is 2. The van der Waals surface area contributed by atoms with Gasteiger partial charge in [-0.2, -0.15) is 0 Å². The maximum absolute atomic E-state index is 13.6. The average Bonchev–Trinajstić information content (AvgIpc) is 2.90. The van der Waals surface area contributed by atoms with Crippen LogP contribution in [0.15, 0.2) is 48.5 Å². The number of hydrogen-bond acceptors (Lipinski definition) is 2. The van der Waals surface area contributed by atoms with Crippen LogP contribution in [0.25, 0.3) is 0 Å². The van der Waals surface area contributed by atoms with Gasteiger partial charge in [0.25, 0.3) is 0 Å². The number of hydrogen-bond donors (Lipinski definition) is 0. The van der Waals surface area contributed by atoms with Crippen LogP contribution in [0.4, 0.5) is 8.78 Å². The number of halogens is 2. The van der Waals surface area contributed by atoms with Gasteiger partial charge in [0.2, 0.25) is 5.79 Å². The van der Waals surface area contributed by atoms with Crippen molar-refractivity contribution in [3.05, 3.63) is 71.3 Å². The Morgan fingerprint density at radius 2 is 1.03 bits per heavy atom. The first-order chi connectivity index (χ1) is 17.1. The molecule has 190 valence electrons. The van der Waals surface area contributed by atoms with Crippen molar-refractivity contribution in [2.24, 2.45) is 29.6 Å².